The summed E-state index contributed by atoms with van der Waals surface area (Å²) in [5.74, 6) is 2.01. The largest absolute Gasteiger partial charge is 0.454 e. The highest BCUT2D eigenvalue weighted by Gasteiger charge is 2.25. The zero-order chi connectivity index (χ0) is 11.7. The first-order valence-corrected chi connectivity index (χ1v) is 6.04. The van der Waals surface area contributed by atoms with Crippen LogP contribution in [0.4, 0.5) is 0 Å². The van der Waals surface area contributed by atoms with Crippen LogP contribution in [0.3, 0.4) is 0 Å². The monoisotopic (exact) mass is 249 g/mol. The smallest absolute Gasteiger partial charge is 0.168 e. The summed E-state index contributed by atoms with van der Waals surface area (Å²) in [6, 6.07) is 3.47. The zero-order valence-corrected chi connectivity index (χ0v) is 9.94. The van der Waals surface area contributed by atoms with Crippen LogP contribution in [-0.2, 0) is 0 Å². The number of halogens is 1. The number of nitrogens with zero attached hydrogens (tertiary/aromatic N) is 2. The van der Waals surface area contributed by atoms with E-state index in [0.717, 1.165) is 11.4 Å². The molecule has 0 aromatic carbocycles. The van der Waals surface area contributed by atoms with Gasteiger partial charge in [0.2, 0.25) is 0 Å². The lowest BCUT2D eigenvalue weighted by Crippen LogP contribution is -2.10. The maximum absolute atomic E-state index is 5.81. The molecule has 0 atom stereocenters. The molecule has 0 bridgehead atoms. The lowest BCUT2D eigenvalue weighted by molar-refractivity contribution is 0.390. The quantitative estimate of drug-likeness (QED) is 0.847. The molecule has 0 saturated heterocycles. The number of hydrogen-bond acceptors (Lipinski definition) is 3. The standard InChI is InChI=1S/C12H12ClN3O/c13-11-6-9(4-5-14-11)17-10-7-15-16-12(10)8-2-1-3-8/h4-8H,1-3H2,(H,15,16). The van der Waals surface area contributed by atoms with Gasteiger partial charge >= 0.3 is 0 Å². The number of ether oxygens (including phenoxy) is 1. The Morgan fingerprint density at radius 3 is 3.00 bits per heavy atom. The first kappa shape index (κ1) is 10.6. The fourth-order valence-electron chi connectivity index (χ4n) is 1.92. The minimum absolute atomic E-state index is 0.427. The molecule has 0 spiro atoms. The average Bonchev–Trinajstić information content (AvgIpc) is 2.64. The second kappa shape index (κ2) is 4.37. The van der Waals surface area contributed by atoms with Gasteiger partial charge in [0.05, 0.1) is 6.20 Å². The van der Waals surface area contributed by atoms with E-state index in [-0.39, 0.29) is 0 Å². The maximum Gasteiger partial charge on any atom is 0.168 e. The third kappa shape index (κ3) is 2.13. The van der Waals surface area contributed by atoms with Crippen molar-refractivity contribution < 1.29 is 4.74 Å². The molecule has 2 aromatic heterocycles. The summed E-state index contributed by atoms with van der Waals surface area (Å²) in [6.07, 6.45) is 7.07. The Morgan fingerprint density at radius 2 is 2.29 bits per heavy atom. The van der Waals surface area contributed by atoms with E-state index in [0.29, 0.717) is 16.8 Å². The van der Waals surface area contributed by atoms with Gasteiger partial charge in [-0.3, -0.25) is 5.10 Å². The Hall–Kier alpha value is -1.55. The van der Waals surface area contributed by atoms with Crippen LogP contribution in [-0.4, -0.2) is 15.2 Å². The molecule has 2 heterocycles. The fraction of sp³-hybridized carbons (Fsp3) is 0.333. The highest BCUT2D eigenvalue weighted by Crippen LogP contribution is 2.40. The molecular weight excluding hydrogens is 238 g/mol. The van der Waals surface area contributed by atoms with Crippen LogP contribution in [0, 0.1) is 0 Å². The van der Waals surface area contributed by atoms with Crippen molar-refractivity contribution in [2.75, 3.05) is 0 Å². The summed E-state index contributed by atoms with van der Waals surface area (Å²) in [5.41, 5.74) is 1.02. The van der Waals surface area contributed by atoms with Gasteiger partial charge in [-0.1, -0.05) is 18.0 Å². The topological polar surface area (TPSA) is 50.8 Å². The van der Waals surface area contributed by atoms with Gasteiger partial charge < -0.3 is 4.74 Å². The second-order valence-corrected chi connectivity index (χ2v) is 4.57. The van der Waals surface area contributed by atoms with E-state index in [4.69, 9.17) is 16.3 Å². The van der Waals surface area contributed by atoms with Crippen molar-refractivity contribution in [1.29, 1.82) is 0 Å². The molecule has 4 nitrogen and oxygen atoms in total. The Kier molecular flexibility index (Phi) is 2.73. The van der Waals surface area contributed by atoms with Crippen molar-refractivity contribution in [3.05, 3.63) is 35.4 Å². The van der Waals surface area contributed by atoms with Crippen molar-refractivity contribution in [2.24, 2.45) is 0 Å². The molecule has 5 heteroatoms. The molecule has 0 unspecified atom stereocenters. The van der Waals surface area contributed by atoms with Gasteiger partial charge in [-0.15, -0.1) is 0 Å². The van der Waals surface area contributed by atoms with Gasteiger partial charge in [0.1, 0.15) is 16.6 Å². The molecule has 88 valence electrons. The summed E-state index contributed by atoms with van der Waals surface area (Å²) < 4.78 is 5.77. The van der Waals surface area contributed by atoms with Gasteiger partial charge in [-0.05, 0) is 18.9 Å². The summed E-state index contributed by atoms with van der Waals surface area (Å²) in [7, 11) is 0. The predicted molar refractivity (Wildman–Crippen MR) is 64.5 cm³/mol. The molecule has 1 N–H and O–H groups in total. The third-order valence-electron chi connectivity index (χ3n) is 3.05. The van der Waals surface area contributed by atoms with Gasteiger partial charge in [-0.25, -0.2) is 4.98 Å². The number of hydrogen-bond donors (Lipinski definition) is 1. The van der Waals surface area contributed by atoms with Crippen LogP contribution >= 0.6 is 11.6 Å². The number of H-pyrrole nitrogens is 1. The molecule has 0 aliphatic heterocycles. The van der Waals surface area contributed by atoms with Gasteiger partial charge in [0, 0.05) is 18.2 Å². The summed E-state index contributed by atoms with van der Waals surface area (Å²) >= 11 is 5.81. The summed E-state index contributed by atoms with van der Waals surface area (Å²) in [6.45, 7) is 0. The Balaban J connectivity index is 1.82. The fourth-order valence-corrected chi connectivity index (χ4v) is 2.08. The molecule has 1 saturated carbocycles. The molecule has 1 aliphatic carbocycles. The SMILES string of the molecule is Clc1cc(Oc2c[nH]nc2C2CCC2)ccn1. The Bertz CT molecular complexity index is 522. The lowest BCUT2D eigenvalue weighted by Gasteiger charge is -2.24. The number of nitrogens with one attached hydrogen (secondary N) is 1. The van der Waals surface area contributed by atoms with Crippen molar-refractivity contribution in [2.45, 2.75) is 25.2 Å². The highest BCUT2D eigenvalue weighted by molar-refractivity contribution is 6.29. The van der Waals surface area contributed by atoms with E-state index >= 15 is 0 Å². The van der Waals surface area contributed by atoms with Crippen molar-refractivity contribution in [3.8, 4) is 11.5 Å². The van der Waals surface area contributed by atoms with Crippen LogP contribution in [0.25, 0.3) is 0 Å². The highest BCUT2D eigenvalue weighted by atomic mass is 35.5. The normalized spacial score (nSPS) is 15.6. The molecular formula is C12H12ClN3O. The molecule has 17 heavy (non-hydrogen) atoms. The second-order valence-electron chi connectivity index (χ2n) is 4.18. The Morgan fingerprint density at radius 1 is 1.41 bits per heavy atom. The van der Waals surface area contributed by atoms with Crippen molar-refractivity contribution in [1.82, 2.24) is 15.2 Å². The van der Waals surface area contributed by atoms with E-state index in [2.05, 4.69) is 15.2 Å². The number of pyridine rings is 1. The third-order valence-corrected chi connectivity index (χ3v) is 3.26. The molecule has 0 radical (unpaired) electrons. The summed E-state index contributed by atoms with van der Waals surface area (Å²) in [4.78, 5) is 3.92. The summed E-state index contributed by atoms with van der Waals surface area (Å²) in [5, 5.41) is 7.54. The van der Waals surface area contributed by atoms with Crippen LogP contribution < -0.4 is 4.74 Å². The van der Waals surface area contributed by atoms with E-state index in [1.54, 1.807) is 24.5 Å². The molecule has 0 amide bonds. The zero-order valence-electron chi connectivity index (χ0n) is 9.19. The predicted octanol–water partition coefficient (Wildman–Crippen LogP) is 3.52. The van der Waals surface area contributed by atoms with E-state index in [1.165, 1.54) is 19.3 Å². The van der Waals surface area contributed by atoms with Crippen LogP contribution in [0.15, 0.2) is 24.5 Å². The van der Waals surface area contributed by atoms with Crippen LogP contribution in [0.2, 0.25) is 5.15 Å². The maximum atomic E-state index is 5.81. The molecule has 1 aliphatic rings. The molecule has 2 aromatic rings. The minimum atomic E-state index is 0.427. The van der Waals surface area contributed by atoms with Crippen LogP contribution in [0.5, 0.6) is 11.5 Å². The van der Waals surface area contributed by atoms with Gasteiger partial charge in [-0.2, -0.15) is 5.10 Å². The van der Waals surface area contributed by atoms with Gasteiger partial charge in [0.15, 0.2) is 5.75 Å². The number of rotatable bonds is 3. The molecule has 3 rings (SSSR count). The van der Waals surface area contributed by atoms with Crippen molar-refractivity contribution >= 4 is 11.6 Å². The van der Waals surface area contributed by atoms with Crippen LogP contribution in [0.1, 0.15) is 30.9 Å². The Labute approximate surface area is 104 Å². The van der Waals surface area contributed by atoms with Crippen molar-refractivity contribution in [3.63, 3.8) is 0 Å². The van der Waals surface area contributed by atoms with E-state index in [9.17, 15) is 0 Å². The van der Waals surface area contributed by atoms with E-state index in [1.807, 2.05) is 0 Å². The number of aromatic amines is 1. The number of aromatic nitrogens is 3. The lowest BCUT2D eigenvalue weighted by atomic mass is 9.83. The first-order chi connectivity index (χ1) is 8.33. The first-order valence-electron chi connectivity index (χ1n) is 5.66. The minimum Gasteiger partial charge on any atom is -0.454 e. The van der Waals surface area contributed by atoms with E-state index < -0.39 is 0 Å². The molecule has 1 fully saturated rings. The average molecular weight is 250 g/mol. The van der Waals surface area contributed by atoms with Gasteiger partial charge in [0.25, 0.3) is 0 Å².